The number of hydrogen-bond donors (Lipinski definition) is 0. The molecular formula is C23H30N2O3. The van der Waals surface area contributed by atoms with Gasteiger partial charge < -0.3 is 14.4 Å². The number of benzene rings is 2. The summed E-state index contributed by atoms with van der Waals surface area (Å²) in [6.45, 7) is 7.97. The van der Waals surface area contributed by atoms with E-state index in [1.807, 2.05) is 67.3 Å². The van der Waals surface area contributed by atoms with Gasteiger partial charge in [-0.2, -0.15) is 0 Å². The predicted molar refractivity (Wildman–Crippen MR) is 111 cm³/mol. The van der Waals surface area contributed by atoms with Crippen LogP contribution < -0.4 is 9.47 Å². The van der Waals surface area contributed by atoms with Crippen molar-refractivity contribution in [3.05, 3.63) is 59.7 Å². The SMILES string of the molecule is COc1ccc(OC)c(CN2CCN(C(=O)C(C)(C)c3ccccc3)CC2)c1. The van der Waals surface area contributed by atoms with Crippen molar-refractivity contribution < 1.29 is 14.3 Å². The first-order valence-electron chi connectivity index (χ1n) is 9.74. The maximum atomic E-state index is 13.1. The van der Waals surface area contributed by atoms with Gasteiger partial charge in [-0.3, -0.25) is 9.69 Å². The van der Waals surface area contributed by atoms with Crippen LogP contribution in [0.5, 0.6) is 11.5 Å². The van der Waals surface area contributed by atoms with E-state index in [4.69, 9.17) is 9.47 Å². The second kappa shape index (κ2) is 8.65. The van der Waals surface area contributed by atoms with Gasteiger partial charge in [-0.05, 0) is 37.6 Å². The number of hydrogen-bond acceptors (Lipinski definition) is 4. The van der Waals surface area contributed by atoms with Gasteiger partial charge >= 0.3 is 0 Å². The fraction of sp³-hybridized carbons (Fsp3) is 0.435. The summed E-state index contributed by atoms with van der Waals surface area (Å²) in [5.74, 6) is 1.89. The van der Waals surface area contributed by atoms with Gasteiger partial charge in [0.1, 0.15) is 11.5 Å². The van der Waals surface area contributed by atoms with E-state index in [0.717, 1.165) is 55.3 Å². The molecule has 150 valence electrons. The van der Waals surface area contributed by atoms with Crippen molar-refractivity contribution in [2.75, 3.05) is 40.4 Å². The molecule has 5 heteroatoms. The fourth-order valence-corrected chi connectivity index (χ4v) is 3.73. The first kappa shape index (κ1) is 20.2. The van der Waals surface area contributed by atoms with Crippen LogP contribution in [-0.2, 0) is 16.8 Å². The third-order valence-electron chi connectivity index (χ3n) is 5.57. The Bertz CT molecular complexity index is 797. The smallest absolute Gasteiger partial charge is 0.232 e. The molecule has 28 heavy (non-hydrogen) atoms. The Morgan fingerprint density at radius 1 is 0.964 bits per heavy atom. The molecule has 1 fully saturated rings. The highest BCUT2D eigenvalue weighted by Gasteiger charge is 2.35. The maximum absolute atomic E-state index is 13.1. The quantitative estimate of drug-likeness (QED) is 0.769. The molecule has 0 spiro atoms. The number of carbonyl (C=O) groups excluding carboxylic acids is 1. The molecule has 1 aliphatic rings. The fourth-order valence-electron chi connectivity index (χ4n) is 3.73. The summed E-state index contributed by atoms with van der Waals surface area (Å²) >= 11 is 0. The van der Waals surface area contributed by atoms with E-state index in [0.29, 0.717) is 0 Å². The highest BCUT2D eigenvalue weighted by Crippen LogP contribution is 2.28. The number of methoxy groups -OCH3 is 2. The summed E-state index contributed by atoms with van der Waals surface area (Å²) in [5, 5.41) is 0. The van der Waals surface area contributed by atoms with Gasteiger partial charge in [0.2, 0.25) is 5.91 Å². The lowest BCUT2D eigenvalue weighted by atomic mass is 9.83. The van der Waals surface area contributed by atoms with Crippen LogP contribution in [0.4, 0.5) is 0 Å². The lowest BCUT2D eigenvalue weighted by Gasteiger charge is -2.39. The molecule has 0 N–H and O–H groups in total. The Balaban J connectivity index is 1.63. The van der Waals surface area contributed by atoms with Crippen LogP contribution in [0.1, 0.15) is 25.0 Å². The molecule has 0 aliphatic carbocycles. The van der Waals surface area contributed by atoms with E-state index in [1.165, 1.54) is 0 Å². The molecule has 0 saturated carbocycles. The van der Waals surface area contributed by atoms with Crippen LogP contribution in [0, 0.1) is 0 Å². The first-order chi connectivity index (χ1) is 13.5. The van der Waals surface area contributed by atoms with Crippen LogP contribution >= 0.6 is 0 Å². The van der Waals surface area contributed by atoms with Crippen LogP contribution in [0.3, 0.4) is 0 Å². The van der Waals surface area contributed by atoms with Crippen molar-refractivity contribution in [1.29, 1.82) is 0 Å². The Morgan fingerprint density at radius 2 is 1.64 bits per heavy atom. The topological polar surface area (TPSA) is 42.0 Å². The molecule has 0 atom stereocenters. The minimum Gasteiger partial charge on any atom is -0.497 e. The molecule has 2 aromatic carbocycles. The molecule has 0 bridgehead atoms. The van der Waals surface area contributed by atoms with Crippen molar-refractivity contribution in [3.8, 4) is 11.5 Å². The van der Waals surface area contributed by atoms with Crippen molar-refractivity contribution >= 4 is 5.91 Å². The number of piperazine rings is 1. The number of nitrogens with zero attached hydrogens (tertiary/aromatic N) is 2. The summed E-state index contributed by atoms with van der Waals surface area (Å²) in [6, 6.07) is 15.9. The zero-order chi connectivity index (χ0) is 20.1. The molecule has 1 saturated heterocycles. The number of rotatable bonds is 6. The Morgan fingerprint density at radius 3 is 2.25 bits per heavy atom. The molecule has 0 radical (unpaired) electrons. The van der Waals surface area contributed by atoms with Crippen LogP contribution in [0.15, 0.2) is 48.5 Å². The van der Waals surface area contributed by atoms with Crippen molar-refractivity contribution in [1.82, 2.24) is 9.80 Å². The van der Waals surface area contributed by atoms with E-state index in [-0.39, 0.29) is 5.91 Å². The van der Waals surface area contributed by atoms with Crippen molar-refractivity contribution in [2.24, 2.45) is 0 Å². The summed E-state index contributed by atoms with van der Waals surface area (Å²) < 4.78 is 10.8. The lowest BCUT2D eigenvalue weighted by Crippen LogP contribution is -2.52. The molecule has 2 aromatic rings. The number of ether oxygens (including phenoxy) is 2. The first-order valence-corrected chi connectivity index (χ1v) is 9.74. The summed E-state index contributed by atoms with van der Waals surface area (Å²) in [7, 11) is 3.36. The van der Waals surface area contributed by atoms with E-state index in [1.54, 1.807) is 14.2 Å². The van der Waals surface area contributed by atoms with Crippen LogP contribution in [-0.4, -0.2) is 56.1 Å². The van der Waals surface area contributed by atoms with E-state index in [9.17, 15) is 4.79 Å². The van der Waals surface area contributed by atoms with Crippen LogP contribution in [0.25, 0.3) is 0 Å². The monoisotopic (exact) mass is 382 g/mol. The van der Waals surface area contributed by atoms with Crippen LogP contribution in [0.2, 0.25) is 0 Å². The zero-order valence-corrected chi connectivity index (χ0v) is 17.3. The van der Waals surface area contributed by atoms with Gasteiger partial charge in [-0.25, -0.2) is 0 Å². The van der Waals surface area contributed by atoms with Gasteiger partial charge in [0, 0.05) is 38.3 Å². The second-order valence-electron chi connectivity index (χ2n) is 7.74. The van der Waals surface area contributed by atoms with E-state index in [2.05, 4.69) is 4.90 Å². The summed E-state index contributed by atoms with van der Waals surface area (Å²) in [5.41, 5.74) is 1.65. The minimum atomic E-state index is -0.514. The molecular weight excluding hydrogens is 352 g/mol. The highest BCUT2D eigenvalue weighted by atomic mass is 16.5. The Labute approximate surface area is 167 Å². The summed E-state index contributed by atoms with van der Waals surface area (Å²) in [4.78, 5) is 17.5. The lowest BCUT2D eigenvalue weighted by molar-refractivity contribution is -0.138. The average molecular weight is 383 g/mol. The molecule has 0 unspecified atom stereocenters. The molecule has 1 heterocycles. The molecule has 1 amide bonds. The Kier molecular flexibility index (Phi) is 6.25. The van der Waals surface area contributed by atoms with Gasteiger partial charge in [0.25, 0.3) is 0 Å². The summed E-state index contributed by atoms with van der Waals surface area (Å²) in [6.07, 6.45) is 0. The largest absolute Gasteiger partial charge is 0.497 e. The predicted octanol–water partition coefficient (Wildman–Crippen LogP) is 3.33. The van der Waals surface area contributed by atoms with Gasteiger partial charge in [0.15, 0.2) is 0 Å². The van der Waals surface area contributed by atoms with Crippen molar-refractivity contribution in [3.63, 3.8) is 0 Å². The Hall–Kier alpha value is -2.53. The highest BCUT2D eigenvalue weighted by molar-refractivity contribution is 5.87. The second-order valence-corrected chi connectivity index (χ2v) is 7.74. The van der Waals surface area contributed by atoms with Gasteiger partial charge in [-0.15, -0.1) is 0 Å². The number of amides is 1. The normalized spacial score (nSPS) is 15.4. The molecule has 1 aliphatic heterocycles. The maximum Gasteiger partial charge on any atom is 0.232 e. The molecule has 5 nitrogen and oxygen atoms in total. The van der Waals surface area contributed by atoms with Crippen molar-refractivity contribution in [2.45, 2.75) is 25.8 Å². The zero-order valence-electron chi connectivity index (χ0n) is 17.3. The van der Waals surface area contributed by atoms with Gasteiger partial charge in [0.05, 0.1) is 19.6 Å². The third kappa shape index (κ3) is 4.30. The number of carbonyl (C=O) groups is 1. The standard InChI is InChI=1S/C23H30N2O3/c1-23(2,19-8-6-5-7-9-19)22(26)25-14-12-24(13-15-25)17-18-16-20(27-3)10-11-21(18)28-4/h5-11,16H,12-15,17H2,1-4H3. The minimum absolute atomic E-state index is 0.192. The molecule has 3 rings (SSSR count). The third-order valence-corrected chi connectivity index (χ3v) is 5.57. The van der Waals surface area contributed by atoms with E-state index < -0.39 is 5.41 Å². The van der Waals surface area contributed by atoms with E-state index >= 15 is 0 Å². The van der Waals surface area contributed by atoms with Gasteiger partial charge in [-0.1, -0.05) is 30.3 Å². The molecule has 0 aromatic heterocycles. The average Bonchev–Trinajstić information content (AvgIpc) is 2.74.